The second-order valence-corrected chi connectivity index (χ2v) is 6.51. The number of phenolic OH excluding ortho intramolecular Hbond substituents is 1. The minimum Gasteiger partial charge on any atom is -0.507 e. The first-order chi connectivity index (χ1) is 11.2. The van der Waals surface area contributed by atoms with Crippen LogP contribution in [0.5, 0.6) is 5.75 Å². The molecule has 7 heteroatoms. The second-order valence-electron chi connectivity index (χ2n) is 5.65. The van der Waals surface area contributed by atoms with Crippen molar-refractivity contribution in [1.82, 2.24) is 4.98 Å². The number of carbonyl (C=O) groups excluding carboxylic acids is 1. The summed E-state index contributed by atoms with van der Waals surface area (Å²) in [5.41, 5.74) is 1.23. The van der Waals surface area contributed by atoms with Gasteiger partial charge in [-0.25, -0.2) is 4.98 Å². The molecule has 0 saturated heterocycles. The number of hydrogen-bond acceptors (Lipinski definition) is 6. The molecule has 2 aromatic rings. The largest absolute Gasteiger partial charge is 0.507 e. The molecule has 0 atom stereocenters. The van der Waals surface area contributed by atoms with Gasteiger partial charge in [0.25, 0.3) is 0 Å². The Morgan fingerprint density at radius 2 is 2.09 bits per heavy atom. The van der Waals surface area contributed by atoms with Crippen molar-refractivity contribution in [2.24, 2.45) is 11.1 Å². The van der Waals surface area contributed by atoms with E-state index in [0.717, 1.165) is 25.7 Å². The van der Waals surface area contributed by atoms with Crippen molar-refractivity contribution in [2.45, 2.75) is 32.1 Å². The first-order valence-corrected chi connectivity index (χ1v) is 8.48. The van der Waals surface area contributed by atoms with Gasteiger partial charge in [-0.15, -0.1) is 16.2 Å². The topological polar surface area (TPSA) is 91.7 Å². The average Bonchev–Trinajstić information content (AvgIpc) is 3.03. The highest BCUT2D eigenvalue weighted by molar-refractivity contribution is 7.14. The molecule has 0 radical (unpaired) electrons. The standard InChI is InChI=1S/C16H17N3O3S/c20-14-8-11(19-22)6-7-12(14)13-9-23-16(17-13)18-15(21)10-4-2-1-3-5-10/h6-10,20H,1-5H2,(H,17,18,21). The Balaban J connectivity index is 1.72. The summed E-state index contributed by atoms with van der Waals surface area (Å²) in [6.45, 7) is 0. The van der Waals surface area contributed by atoms with Crippen molar-refractivity contribution in [3.63, 3.8) is 0 Å². The molecule has 6 nitrogen and oxygen atoms in total. The van der Waals surface area contributed by atoms with E-state index in [4.69, 9.17) is 0 Å². The number of phenols is 1. The number of benzene rings is 1. The van der Waals surface area contributed by atoms with E-state index in [-0.39, 0.29) is 23.3 Å². The van der Waals surface area contributed by atoms with Gasteiger partial charge in [-0.2, -0.15) is 0 Å². The molecule has 1 fully saturated rings. The Morgan fingerprint density at radius 3 is 2.78 bits per heavy atom. The fourth-order valence-electron chi connectivity index (χ4n) is 2.82. The van der Waals surface area contributed by atoms with Gasteiger partial charge < -0.3 is 10.4 Å². The fraction of sp³-hybridized carbons (Fsp3) is 0.375. The Kier molecular flexibility index (Phi) is 4.66. The Hall–Kier alpha value is -2.28. The lowest BCUT2D eigenvalue weighted by Crippen LogP contribution is -2.24. The van der Waals surface area contributed by atoms with E-state index in [2.05, 4.69) is 15.5 Å². The van der Waals surface area contributed by atoms with Crippen LogP contribution in [-0.4, -0.2) is 16.0 Å². The number of amides is 1. The number of hydrogen-bond donors (Lipinski definition) is 2. The van der Waals surface area contributed by atoms with Crippen LogP contribution in [0.15, 0.2) is 28.8 Å². The van der Waals surface area contributed by atoms with Crippen molar-refractivity contribution < 1.29 is 9.90 Å². The number of aromatic nitrogens is 1. The molecule has 1 aromatic carbocycles. The molecule has 1 heterocycles. The summed E-state index contributed by atoms with van der Waals surface area (Å²) < 4.78 is 0. The van der Waals surface area contributed by atoms with Crippen molar-refractivity contribution >= 4 is 28.1 Å². The summed E-state index contributed by atoms with van der Waals surface area (Å²) in [7, 11) is 0. The van der Waals surface area contributed by atoms with E-state index in [1.807, 2.05) is 0 Å². The van der Waals surface area contributed by atoms with Gasteiger partial charge in [0.15, 0.2) is 5.13 Å². The summed E-state index contributed by atoms with van der Waals surface area (Å²) in [5, 5.41) is 17.9. The number of anilines is 1. The predicted molar refractivity (Wildman–Crippen MR) is 89.9 cm³/mol. The number of aromatic hydroxyl groups is 1. The minimum absolute atomic E-state index is 0.0234. The molecule has 120 valence electrons. The number of thiazole rings is 1. The second kappa shape index (κ2) is 6.87. The maximum atomic E-state index is 12.2. The molecule has 1 aliphatic carbocycles. The van der Waals surface area contributed by atoms with Gasteiger partial charge in [-0.1, -0.05) is 19.3 Å². The van der Waals surface area contributed by atoms with Crippen molar-refractivity contribution in [1.29, 1.82) is 0 Å². The maximum Gasteiger partial charge on any atom is 0.229 e. The van der Waals surface area contributed by atoms with Gasteiger partial charge in [-0.3, -0.25) is 4.79 Å². The number of nitroso groups, excluding NO2 is 1. The minimum atomic E-state index is -0.0578. The molecule has 23 heavy (non-hydrogen) atoms. The smallest absolute Gasteiger partial charge is 0.229 e. The van der Waals surface area contributed by atoms with Crippen LogP contribution >= 0.6 is 11.3 Å². The Bertz CT molecular complexity index is 723. The third kappa shape index (κ3) is 3.56. The third-order valence-electron chi connectivity index (χ3n) is 4.07. The summed E-state index contributed by atoms with van der Waals surface area (Å²) in [6, 6.07) is 4.40. The number of nitrogens with zero attached hydrogens (tertiary/aromatic N) is 2. The molecule has 0 aliphatic heterocycles. The van der Waals surface area contributed by atoms with Gasteiger partial charge in [-0.05, 0) is 30.2 Å². The summed E-state index contributed by atoms with van der Waals surface area (Å²) in [6.07, 6.45) is 5.28. The lowest BCUT2D eigenvalue weighted by atomic mass is 9.89. The lowest BCUT2D eigenvalue weighted by Gasteiger charge is -2.19. The zero-order chi connectivity index (χ0) is 16.2. The number of carbonyl (C=O) groups is 1. The Labute approximate surface area is 137 Å². The van der Waals surface area contributed by atoms with Crippen LogP contribution in [0, 0.1) is 10.8 Å². The van der Waals surface area contributed by atoms with Gasteiger partial charge in [0.2, 0.25) is 5.91 Å². The molecule has 1 aromatic heterocycles. The van der Waals surface area contributed by atoms with Gasteiger partial charge in [0.05, 0.1) is 5.69 Å². The maximum absolute atomic E-state index is 12.2. The number of nitrogens with one attached hydrogen (secondary N) is 1. The zero-order valence-electron chi connectivity index (χ0n) is 12.5. The van der Waals surface area contributed by atoms with Crippen LogP contribution in [0.1, 0.15) is 32.1 Å². The van der Waals surface area contributed by atoms with E-state index < -0.39 is 0 Å². The monoisotopic (exact) mass is 331 g/mol. The fourth-order valence-corrected chi connectivity index (χ4v) is 3.53. The zero-order valence-corrected chi connectivity index (χ0v) is 13.3. The van der Waals surface area contributed by atoms with Gasteiger partial charge >= 0.3 is 0 Å². The van der Waals surface area contributed by atoms with E-state index in [9.17, 15) is 14.8 Å². The van der Waals surface area contributed by atoms with Crippen molar-refractivity contribution in [3.8, 4) is 17.0 Å². The van der Waals surface area contributed by atoms with Crippen molar-refractivity contribution in [2.75, 3.05) is 5.32 Å². The lowest BCUT2D eigenvalue weighted by molar-refractivity contribution is -0.120. The van der Waals surface area contributed by atoms with E-state index >= 15 is 0 Å². The third-order valence-corrected chi connectivity index (χ3v) is 4.83. The highest BCUT2D eigenvalue weighted by Gasteiger charge is 2.22. The van der Waals surface area contributed by atoms with Crippen LogP contribution in [0.2, 0.25) is 0 Å². The molecule has 2 N–H and O–H groups in total. The normalized spacial score (nSPS) is 15.3. The molecular weight excluding hydrogens is 314 g/mol. The molecular formula is C16H17N3O3S. The summed E-state index contributed by atoms with van der Waals surface area (Å²) in [5.74, 6) is 0.0373. The predicted octanol–water partition coefficient (Wildman–Crippen LogP) is 4.43. The highest BCUT2D eigenvalue weighted by atomic mass is 32.1. The van der Waals surface area contributed by atoms with Crippen LogP contribution in [0.3, 0.4) is 0 Å². The van der Waals surface area contributed by atoms with E-state index in [1.54, 1.807) is 11.4 Å². The van der Waals surface area contributed by atoms with Gasteiger partial charge in [0.1, 0.15) is 11.4 Å². The first kappa shape index (κ1) is 15.6. The highest BCUT2D eigenvalue weighted by Crippen LogP contribution is 2.34. The molecule has 0 unspecified atom stereocenters. The summed E-state index contributed by atoms with van der Waals surface area (Å²) in [4.78, 5) is 27.0. The van der Waals surface area contributed by atoms with E-state index in [0.29, 0.717) is 16.4 Å². The molecule has 1 amide bonds. The van der Waals surface area contributed by atoms with Crippen LogP contribution < -0.4 is 5.32 Å². The molecule has 3 rings (SSSR count). The molecule has 0 bridgehead atoms. The quantitative estimate of drug-likeness (QED) is 0.811. The van der Waals surface area contributed by atoms with E-state index in [1.165, 1.54) is 29.9 Å². The SMILES string of the molecule is O=Nc1ccc(-c2csc(NC(=O)C3CCCCC3)n2)c(O)c1. The Morgan fingerprint density at radius 1 is 1.30 bits per heavy atom. The molecule has 1 aliphatic rings. The van der Waals surface area contributed by atoms with Gasteiger partial charge in [0, 0.05) is 22.9 Å². The molecule has 0 spiro atoms. The summed E-state index contributed by atoms with van der Waals surface area (Å²) >= 11 is 1.32. The first-order valence-electron chi connectivity index (χ1n) is 7.60. The van der Waals surface area contributed by atoms with Crippen molar-refractivity contribution in [3.05, 3.63) is 28.5 Å². The average molecular weight is 331 g/mol. The number of rotatable bonds is 4. The molecule has 1 saturated carbocycles. The van der Waals surface area contributed by atoms with Crippen LogP contribution in [0.25, 0.3) is 11.3 Å². The van der Waals surface area contributed by atoms with Crippen LogP contribution in [0.4, 0.5) is 10.8 Å². The van der Waals surface area contributed by atoms with Crippen LogP contribution in [-0.2, 0) is 4.79 Å².